The maximum Gasteiger partial charge on any atom is 0.239 e. The Bertz CT molecular complexity index is 1150. The van der Waals surface area contributed by atoms with E-state index in [4.69, 9.17) is 15.2 Å². The molecule has 36 heavy (non-hydrogen) atoms. The van der Waals surface area contributed by atoms with Crippen molar-refractivity contribution in [2.75, 3.05) is 20.2 Å². The van der Waals surface area contributed by atoms with Gasteiger partial charge in [-0.1, -0.05) is 62.4 Å². The smallest absolute Gasteiger partial charge is 0.239 e. The predicted molar refractivity (Wildman–Crippen MR) is 146 cm³/mol. The molecule has 1 aliphatic rings. The van der Waals surface area contributed by atoms with Crippen molar-refractivity contribution in [3.05, 3.63) is 101 Å². The van der Waals surface area contributed by atoms with Crippen LogP contribution in [0.4, 0.5) is 0 Å². The van der Waals surface area contributed by atoms with Gasteiger partial charge in [-0.25, -0.2) is 8.42 Å². The van der Waals surface area contributed by atoms with Crippen molar-refractivity contribution >= 4 is 10.0 Å². The van der Waals surface area contributed by atoms with Crippen molar-refractivity contribution in [1.29, 1.82) is 0 Å². The van der Waals surface area contributed by atoms with Gasteiger partial charge in [-0.3, -0.25) is 0 Å². The van der Waals surface area contributed by atoms with E-state index >= 15 is 0 Å². The Labute approximate surface area is 216 Å². The van der Waals surface area contributed by atoms with Crippen molar-refractivity contribution in [3.8, 4) is 5.75 Å². The van der Waals surface area contributed by atoms with Gasteiger partial charge in [0.05, 0.1) is 12.0 Å². The third-order valence-corrected chi connectivity index (χ3v) is 7.91. The summed E-state index contributed by atoms with van der Waals surface area (Å²) < 4.78 is 39.5. The minimum Gasteiger partial charge on any atom is -0.497 e. The van der Waals surface area contributed by atoms with Crippen LogP contribution in [0.25, 0.3) is 0 Å². The second kappa shape index (κ2) is 13.4. The zero-order chi connectivity index (χ0) is 26.0. The molecule has 6 nitrogen and oxygen atoms in total. The van der Waals surface area contributed by atoms with Crippen molar-refractivity contribution in [3.63, 3.8) is 0 Å². The molecule has 0 unspecified atom stereocenters. The molecule has 0 bridgehead atoms. The lowest BCUT2D eigenvalue weighted by atomic mass is 10.0. The normalized spacial score (nSPS) is 14.8. The Kier molecular flexibility index (Phi) is 10.3. The molecule has 0 spiro atoms. The van der Waals surface area contributed by atoms with Crippen LogP contribution in [0.2, 0.25) is 0 Å². The summed E-state index contributed by atoms with van der Waals surface area (Å²) in [4.78, 5) is 0.367. The van der Waals surface area contributed by atoms with Crippen LogP contribution >= 0.6 is 0 Å². The highest BCUT2D eigenvalue weighted by molar-refractivity contribution is 7.93. The molecule has 1 aliphatic carbocycles. The number of hydrogen-bond donors (Lipinski definition) is 1. The first-order valence-electron chi connectivity index (χ1n) is 12.4. The molecule has 0 fully saturated rings. The van der Waals surface area contributed by atoms with E-state index in [1.54, 1.807) is 29.6 Å². The fraction of sp³-hybridized carbons (Fsp3) is 0.379. The SMILES string of the molecule is COC1=CC=C(S(=O)(=O)N(CC[C@@H](N)Cc2ccc(OCc3ccccc3)cc2)CC(C)C)CC=C1. The summed E-state index contributed by atoms with van der Waals surface area (Å²) in [6, 6.07) is 17.8. The molecule has 3 rings (SSSR count). The van der Waals surface area contributed by atoms with Gasteiger partial charge in [0.1, 0.15) is 18.1 Å². The maximum absolute atomic E-state index is 13.4. The third-order valence-electron chi connectivity index (χ3n) is 5.93. The minimum atomic E-state index is -3.61. The average Bonchev–Trinajstić information content (AvgIpc) is 3.13. The molecular weight excluding hydrogens is 472 g/mol. The quantitative estimate of drug-likeness (QED) is 0.401. The molecule has 2 aromatic rings. The van der Waals surface area contributed by atoms with Gasteiger partial charge in [-0.05, 0) is 60.2 Å². The number of nitrogens with two attached hydrogens (primary N) is 1. The Morgan fingerprint density at radius 3 is 2.39 bits per heavy atom. The first-order valence-corrected chi connectivity index (χ1v) is 13.8. The van der Waals surface area contributed by atoms with E-state index in [2.05, 4.69) is 0 Å². The van der Waals surface area contributed by atoms with E-state index in [1.165, 1.54) is 0 Å². The lowest BCUT2D eigenvalue weighted by Gasteiger charge is -2.26. The van der Waals surface area contributed by atoms with E-state index in [-0.39, 0.29) is 12.0 Å². The molecule has 2 aromatic carbocycles. The maximum atomic E-state index is 13.4. The molecule has 2 N–H and O–H groups in total. The molecule has 0 saturated heterocycles. The molecule has 0 radical (unpaired) electrons. The second-order valence-electron chi connectivity index (χ2n) is 9.44. The fourth-order valence-electron chi connectivity index (χ4n) is 3.98. The lowest BCUT2D eigenvalue weighted by Crippen LogP contribution is -2.38. The summed E-state index contributed by atoms with van der Waals surface area (Å²) in [5.74, 6) is 1.64. The van der Waals surface area contributed by atoms with E-state index in [0.717, 1.165) is 16.9 Å². The summed E-state index contributed by atoms with van der Waals surface area (Å²) in [5.41, 5.74) is 8.66. The largest absolute Gasteiger partial charge is 0.497 e. The van der Waals surface area contributed by atoms with E-state index in [9.17, 15) is 8.42 Å². The third kappa shape index (κ3) is 8.36. The average molecular weight is 511 g/mol. The monoisotopic (exact) mass is 510 g/mol. The van der Waals surface area contributed by atoms with Crippen molar-refractivity contribution in [1.82, 2.24) is 4.31 Å². The van der Waals surface area contributed by atoms with Crippen LogP contribution in [0.15, 0.2) is 89.6 Å². The van der Waals surface area contributed by atoms with Gasteiger partial charge in [-0.15, -0.1) is 0 Å². The van der Waals surface area contributed by atoms with Crippen LogP contribution < -0.4 is 10.5 Å². The predicted octanol–water partition coefficient (Wildman–Crippen LogP) is 5.19. The number of ether oxygens (including phenoxy) is 2. The van der Waals surface area contributed by atoms with Crippen LogP contribution in [0.5, 0.6) is 5.75 Å². The van der Waals surface area contributed by atoms with Gasteiger partial charge in [0.2, 0.25) is 10.0 Å². The highest BCUT2D eigenvalue weighted by atomic mass is 32.2. The van der Waals surface area contributed by atoms with Crippen molar-refractivity contribution < 1.29 is 17.9 Å². The van der Waals surface area contributed by atoms with Gasteiger partial charge >= 0.3 is 0 Å². The van der Waals surface area contributed by atoms with Gasteiger partial charge in [0, 0.05) is 25.6 Å². The van der Waals surface area contributed by atoms with E-state index < -0.39 is 10.0 Å². The van der Waals surface area contributed by atoms with Crippen LogP contribution in [-0.2, 0) is 27.8 Å². The number of nitrogens with zero attached hydrogens (tertiary/aromatic N) is 1. The molecular formula is C29H38N2O4S. The zero-order valence-electron chi connectivity index (χ0n) is 21.5. The second-order valence-corrected chi connectivity index (χ2v) is 11.4. The van der Waals surface area contributed by atoms with Gasteiger partial charge < -0.3 is 15.2 Å². The molecule has 0 aromatic heterocycles. The van der Waals surface area contributed by atoms with Crippen LogP contribution in [-0.4, -0.2) is 39.0 Å². The topological polar surface area (TPSA) is 81.9 Å². The summed E-state index contributed by atoms with van der Waals surface area (Å²) in [6.07, 6.45) is 8.52. The van der Waals surface area contributed by atoms with Crippen LogP contribution in [0.1, 0.15) is 37.8 Å². The Balaban J connectivity index is 1.57. The molecule has 0 amide bonds. The zero-order valence-corrected chi connectivity index (χ0v) is 22.3. The van der Waals surface area contributed by atoms with E-state index in [0.29, 0.717) is 49.6 Å². The Morgan fingerprint density at radius 2 is 1.72 bits per heavy atom. The van der Waals surface area contributed by atoms with Gasteiger partial charge in [0.25, 0.3) is 0 Å². The standard InChI is InChI=1S/C29H38N2O4S/c1-23(2)21-31(36(32,33)29-11-7-10-27(34-3)16-17-29)19-18-26(30)20-24-12-14-28(15-13-24)35-22-25-8-5-4-6-9-25/h4-10,12-17,23,26H,11,18-22,30H2,1-3H3/t26-/m1/s1. The molecule has 0 saturated carbocycles. The number of methoxy groups -OCH3 is 1. The molecule has 0 aliphatic heterocycles. The number of allylic oxidation sites excluding steroid dienone is 5. The van der Waals surface area contributed by atoms with Crippen molar-refractivity contribution in [2.45, 2.75) is 45.8 Å². The molecule has 194 valence electrons. The summed E-state index contributed by atoms with van der Waals surface area (Å²) in [6.45, 7) is 5.39. The molecule has 0 heterocycles. The number of hydrogen-bond acceptors (Lipinski definition) is 5. The highest BCUT2D eigenvalue weighted by Crippen LogP contribution is 2.23. The molecule has 7 heteroatoms. The summed E-state index contributed by atoms with van der Waals surface area (Å²) in [7, 11) is -2.04. The first-order chi connectivity index (χ1) is 17.3. The number of benzene rings is 2. The minimum absolute atomic E-state index is 0.158. The van der Waals surface area contributed by atoms with E-state index in [1.807, 2.05) is 74.5 Å². The first kappa shape index (κ1) is 27.7. The number of sulfonamides is 1. The number of rotatable bonds is 13. The lowest BCUT2D eigenvalue weighted by molar-refractivity contribution is 0.306. The summed E-state index contributed by atoms with van der Waals surface area (Å²) >= 11 is 0. The fourth-order valence-corrected chi connectivity index (χ4v) is 5.70. The van der Waals surface area contributed by atoms with Crippen LogP contribution in [0.3, 0.4) is 0 Å². The Morgan fingerprint density at radius 1 is 1.00 bits per heavy atom. The van der Waals surface area contributed by atoms with Gasteiger partial charge in [0.15, 0.2) is 0 Å². The summed E-state index contributed by atoms with van der Waals surface area (Å²) in [5, 5.41) is 0. The van der Waals surface area contributed by atoms with Crippen LogP contribution in [0, 0.1) is 5.92 Å². The molecule has 1 atom stereocenters. The Hall–Kier alpha value is -2.87. The van der Waals surface area contributed by atoms with Crippen molar-refractivity contribution in [2.24, 2.45) is 11.7 Å². The highest BCUT2D eigenvalue weighted by Gasteiger charge is 2.27. The van der Waals surface area contributed by atoms with Gasteiger partial charge in [-0.2, -0.15) is 4.31 Å².